The first kappa shape index (κ1) is 19.1. The molecule has 0 spiro atoms. The normalized spacial score (nSPS) is 15.1. The molecule has 1 fully saturated rings. The van der Waals surface area contributed by atoms with Gasteiger partial charge in [-0.05, 0) is 19.4 Å². The van der Waals surface area contributed by atoms with Gasteiger partial charge in [-0.25, -0.2) is 0 Å². The summed E-state index contributed by atoms with van der Waals surface area (Å²) < 4.78 is 1.79. The minimum Gasteiger partial charge on any atom is -0.353 e. The molecule has 1 saturated heterocycles. The lowest BCUT2D eigenvalue weighted by Crippen LogP contribution is -2.51. The first-order valence-electron chi connectivity index (χ1n) is 9.38. The Hall–Kier alpha value is -2.67. The van der Waals surface area contributed by atoms with Crippen molar-refractivity contribution in [3.63, 3.8) is 0 Å². The van der Waals surface area contributed by atoms with Gasteiger partial charge in [0.25, 0.3) is 5.91 Å². The Balaban J connectivity index is 1.50. The SMILES string of the molecule is CC(C)NC(=O)CN1CCN(C(=O)c2cnn(Cc3ccccc3)c2)CC1. The number of hydrogen-bond donors (Lipinski definition) is 1. The fourth-order valence-corrected chi connectivity index (χ4v) is 3.19. The second kappa shape index (κ2) is 8.81. The van der Waals surface area contributed by atoms with E-state index in [0.717, 1.165) is 5.56 Å². The maximum absolute atomic E-state index is 12.7. The van der Waals surface area contributed by atoms with Crippen molar-refractivity contribution in [2.45, 2.75) is 26.4 Å². The molecule has 0 unspecified atom stereocenters. The highest BCUT2D eigenvalue weighted by Gasteiger charge is 2.24. The van der Waals surface area contributed by atoms with E-state index in [2.05, 4.69) is 15.3 Å². The summed E-state index contributed by atoms with van der Waals surface area (Å²) in [4.78, 5) is 28.5. The molecule has 0 aliphatic carbocycles. The standard InChI is InChI=1S/C20H27N5O2/c1-16(2)22-19(26)15-23-8-10-24(11-9-23)20(27)18-12-21-25(14-18)13-17-6-4-3-5-7-17/h3-7,12,14,16H,8-11,13,15H2,1-2H3,(H,22,26). The summed E-state index contributed by atoms with van der Waals surface area (Å²) in [5, 5.41) is 7.22. The average Bonchev–Trinajstić information content (AvgIpc) is 3.10. The van der Waals surface area contributed by atoms with Gasteiger partial charge in [-0.1, -0.05) is 30.3 Å². The monoisotopic (exact) mass is 369 g/mol. The van der Waals surface area contributed by atoms with Crippen LogP contribution in [0.5, 0.6) is 0 Å². The van der Waals surface area contributed by atoms with Gasteiger partial charge in [0, 0.05) is 38.4 Å². The predicted octanol–water partition coefficient (Wildman–Crippen LogP) is 1.21. The Kier molecular flexibility index (Phi) is 6.24. The van der Waals surface area contributed by atoms with Crippen LogP contribution in [0.25, 0.3) is 0 Å². The molecule has 2 heterocycles. The van der Waals surface area contributed by atoms with Crippen LogP contribution in [0.15, 0.2) is 42.7 Å². The van der Waals surface area contributed by atoms with E-state index in [1.54, 1.807) is 17.1 Å². The molecule has 0 atom stereocenters. The Morgan fingerprint density at radius 1 is 1.11 bits per heavy atom. The van der Waals surface area contributed by atoms with Crippen molar-refractivity contribution in [2.24, 2.45) is 0 Å². The molecule has 1 aromatic carbocycles. The number of benzene rings is 1. The number of nitrogens with zero attached hydrogens (tertiary/aromatic N) is 4. The molecule has 0 bridgehead atoms. The smallest absolute Gasteiger partial charge is 0.257 e. The second-order valence-corrected chi connectivity index (χ2v) is 7.20. The molecule has 1 aliphatic heterocycles. The molecule has 2 aromatic rings. The zero-order valence-corrected chi connectivity index (χ0v) is 16.0. The van der Waals surface area contributed by atoms with E-state index in [1.807, 2.05) is 49.1 Å². The zero-order valence-electron chi connectivity index (χ0n) is 16.0. The van der Waals surface area contributed by atoms with Crippen molar-refractivity contribution in [1.29, 1.82) is 0 Å². The number of hydrogen-bond acceptors (Lipinski definition) is 4. The molecule has 1 aromatic heterocycles. The number of carbonyl (C=O) groups excluding carboxylic acids is 2. The van der Waals surface area contributed by atoms with Gasteiger partial charge in [-0.2, -0.15) is 5.10 Å². The number of aromatic nitrogens is 2. The lowest BCUT2D eigenvalue weighted by atomic mass is 10.2. The highest BCUT2D eigenvalue weighted by Crippen LogP contribution is 2.10. The Morgan fingerprint density at radius 3 is 2.48 bits per heavy atom. The summed E-state index contributed by atoms with van der Waals surface area (Å²) in [6.07, 6.45) is 3.44. The Labute approximate surface area is 159 Å². The molecule has 27 heavy (non-hydrogen) atoms. The highest BCUT2D eigenvalue weighted by molar-refractivity contribution is 5.93. The summed E-state index contributed by atoms with van der Waals surface area (Å²) in [6.45, 7) is 7.58. The van der Waals surface area contributed by atoms with Crippen molar-refractivity contribution >= 4 is 11.8 Å². The number of amides is 2. The van der Waals surface area contributed by atoms with Gasteiger partial charge in [0.2, 0.25) is 5.91 Å². The average molecular weight is 369 g/mol. The molecular formula is C20H27N5O2. The quantitative estimate of drug-likeness (QED) is 0.831. The van der Waals surface area contributed by atoms with Crippen LogP contribution in [-0.2, 0) is 11.3 Å². The van der Waals surface area contributed by atoms with Gasteiger partial charge in [0.05, 0.1) is 24.8 Å². The van der Waals surface area contributed by atoms with Gasteiger partial charge >= 0.3 is 0 Å². The van der Waals surface area contributed by atoms with Crippen LogP contribution in [0, 0.1) is 0 Å². The van der Waals surface area contributed by atoms with E-state index in [-0.39, 0.29) is 17.9 Å². The Morgan fingerprint density at radius 2 is 1.81 bits per heavy atom. The van der Waals surface area contributed by atoms with Crippen LogP contribution in [0.3, 0.4) is 0 Å². The maximum Gasteiger partial charge on any atom is 0.257 e. The van der Waals surface area contributed by atoms with Crippen LogP contribution in [-0.4, -0.2) is 70.2 Å². The predicted molar refractivity (Wildman–Crippen MR) is 103 cm³/mol. The lowest BCUT2D eigenvalue weighted by molar-refractivity contribution is -0.123. The molecule has 2 amide bonds. The third-order valence-electron chi connectivity index (χ3n) is 4.54. The van der Waals surface area contributed by atoms with Gasteiger partial charge < -0.3 is 10.2 Å². The largest absolute Gasteiger partial charge is 0.353 e. The van der Waals surface area contributed by atoms with Gasteiger partial charge in [-0.3, -0.25) is 19.2 Å². The zero-order chi connectivity index (χ0) is 19.2. The minimum absolute atomic E-state index is 0.000550. The van der Waals surface area contributed by atoms with E-state index in [4.69, 9.17) is 0 Å². The number of carbonyl (C=O) groups is 2. The number of piperazine rings is 1. The first-order valence-corrected chi connectivity index (χ1v) is 9.38. The molecule has 0 radical (unpaired) electrons. The minimum atomic E-state index is 0.000550. The molecule has 144 valence electrons. The van der Waals surface area contributed by atoms with E-state index in [9.17, 15) is 9.59 Å². The van der Waals surface area contributed by atoms with Crippen LogP contribution in [0.1, 0.15) is 29.8 Å². The molecule has 0 saturated carbocycles. The molecule has 7 heteroatoms. The summed E-state index contributed by atoms with van der Waals surface area (Å²) in [5.41, 5.74) is 1.75. The lowest BCUT2D eigenvalue weighted by Gasteiger charge is -2.34. The van der Waals surface area contributed by atoms with Crippen molar-refractivity contribution in [2.75, 3.05) is 32.7 Å². The molecule has 1 N–H and O–H groups in total. The molecule has 7 nitrogen and oxygen atoms in total. The van der Waals surface area contributed by atoms with Gasteiger partial charge in [0.15, 0.2) is 0 Å². The van der Waals surface area contributed by atoms with E-state index < -0.39 is 0 Å². The van der Waals surface area contributed by atoms with Gasteiger partial charge in [0.1, 0.15) is 0 Å². The molecule has 3 rings (SSSR count). The van der Waals surface area contributed by atoms with Crippen LogP contribution in [0.2, 0.25) is 0 Å². The van der Waals surface area contributed by atoms with Crippen molar-refractivity contribution < 1.29 is 9.59 Å². The number of nitrogens with one attached hydrogen (secondary N) is 1. The fourth-order valence-electron chi connectivity index (χ4n) is 3.19. The van der Waals surface area contributed by atoms with Crippen molar-refractivity contribution in [3.8, 4) is 0 Å². The van der Waals surface area contributed by atoms with E-state index in [0.29, 0.717) is 44.8 Å². The topological polar surface area (TPSA) is 70.5 Å². The summed E-state index contributed by atoms with van der Waals surface area (Å²) in [6, 6.07) is 10.2. The second-order valence-electron chi connectivity index (χ2n) is 7.20. The molecular weight excluding hydrogens is 342 g/mol. The van der Waals surface area contributed by atoms with Crippen molar-refractivity contribution in [3.05, 3.63) is 53.9 Å². The highest BCUT2D eigenvalue weighted by atomic mass is 16.2. The van der Waals surface area contributed by atoms with E-state index in [1.165, 1.54) is 0 Å². The third-order valence-corrected chi connectivity index (χ3v) is 4.54. The van der Waals surface area contributed by atoms with E-state index >= 15 is 0 Å². The molecule has 1 aliphatic rings. The van der Waals surface area contributed by atoms with Crippen LogP contribution >= 0.6 is 0 Å². The van der Waals surface area contributed by atoms with Crippen LogP contribution < -0.4 is 5.32 Å². The summed E-state index contributed by atoms with van der Waals surface area (Å²) >= 11 is 0. The Bertz CT molecular complexity index is 764. The van der Waals surface area contributed by atoms with Crippen molar-refractivity contribution in [1.82, 2.24) is 24.9 Å². The fraction of sp³-hybridized carbons (Fsp3) is 0.450. The number of rotatable bonds is 6. The third kappa shape index (κ3) is 5.40. The summed E-state index contributed by atoms with van der Waals surface area (Å²) in [7, 11) is 0. The summed E-state index contributed by atoms with van der Waals surface area (Å²) in [5.74, 6) is 0.0348. The maximum atomic E-state index is 12.7. The van der Waals surface area contributed by atoms with Crippen LogP contribution in [0.4, 0.5) is 0 Å². The first-order chi connectivity index (χ1) is 13.0. The van der Waals surface area contributed by atoms with Gasteiger partial charge in [-0.15, -0.1) is 0 Å².